The topological polar surface area (TPSA) is 78.9 Å². The van der Waals surface area contributed by atoms with E-state index in [0.717, 1.165) is 0 Å². The summed E-state index contributed by atoms with van der Waals surface area (Å²) >= 11 is 0. The standard InChI is InChI=1S/C9H9N5O/c10-8-7-9(12-4-11-8)14(5-13-7)6-2-1-3-15-6/h1-2,4-6H,3H2,(H2,10,11,12)/t6-/m1/s1. The number of nitrogens with zero attached hydrogens (tertiary/aromatic N) is 4. The minimum absolute atomic E-state index is 0.135. The summed E-state index contributed by atoms with van der Waals surface area (Å²) in [6.45, 7) is 0.616. The van der Waals surface area contributed by atoms with Gasteiger partial charge in [0.15, 0.2) is 17.7 Å². The minimum Gasteiger partial charge on any atom is -0.382 e. The zero-order valence-corrected chi connectivity index (χ0v) is 7.87. The predicted molar refractivity (Wildman–Crippen MR) is 53.9 cm³/mol. The van der Waals surface area contributed by atoms with Crippen molar-refractivity contribution >= 4 is 17.0 Å². The molecule has 2 N–H and O–H groups in total. The van der Waals surface area contributed by atoms with Crippen LogP contribution in [0, 0.1) is 0 Å². The summed E-state index contributed by atoms with van der Waals surface area (Å²) in [6, 6.07) is 0. The van der Waals surface area contributed by atoms with Crippen molar-refractivity contribution in [3.8, 4) is 0 Å². The molecule has 0 spiro atoms. The highest BCUT2D eigenvalue weighted by Crippen LogP contribution is 2.22. The molecule has 6 nitrogen and oxygen atoms in total. The molecule has 0 bridgehead atoms. The van der Waals surface area contributed by atoms with E-state index in [2.05, 4.69) is 15.0 Å². The Hall–Kier alpha value is -1.95. The second-order valence-corrected chi connectivity index (χ2v) is 3.24. The summed E-state index contributed by atoms with van der Waals surface area (Å²) < 4.78 is 7.29. The third-order valence-electron chi connectivity index (χ3n) is 2.33. The number of imidazole rings is 1. The van der Waals surface area contributed by atoms with Crippen LogP contribution in [0.5, 0.6) is 0 Å². The molecule has 1 aliphatic rings. The Bertz CT molecular complexity index is 532. The molecule has 15 heavy (non-hydrogen) atoms. The molecule has 0 saturated heterocycles. The van der Waals surface area contributed by atoms with E-state index in [9.17, 15) is 0 Å². The molecule has 76 valence electrons. The lowest BCUT2D eigenvalue weighted by molar-refractivity contribution is 0.0787. The van der Waals surface area contributed by atoms with Gasteiger partial charge in [0.25, 0.3) is 0 Å². The van der Waals surface area contributed by atoms with E-state index >= 15 is 0 Å². The van der Waals surface area contributed by atoms with Crippen LogP contribution >= 0.6 is 0 Å². The Kier molecular flexibility index (Phi) is 1.69. The molecule has 0 radical (unpaired) electrons. The van der Waals surface area contributed by atoms with Gasteiger partial charge in [-0.05, 0) is 6.08 Å². The van der Waals surface area contributed by atoms with Crippen molar-refractivity contribution in [3.63, 3.8) is 0 Å². The van der Waals surface area contributed by atoms with Gasteiger partial charge in [0.05, 0.1) is 12.9 Å². The maximum atomic E-state index is 5.68. The number of ether oxygens (including phenoxy) is 1. The highest BCUT2D eigenvalue weighted by Gasteiger charge is 2.16. The number of hydrogen-bond acceptors (Lipinski definition) is 5. The first kappa shape index (κ1) is 8.37. The molecule has 0 unspecified atom stereocenters. The fourth-order valence-electron chi connectivity index (χ4n) is 1.61. The number of anilines is 1. The van der Waals surface area contributed by atoms with E-state index in [1.807, 2.05) is 16.7 Å². The summed E-state index contributed by atoms with van der Waals surface area (Å²) in [5.74, 6) is 0.390. The van der Waals surface area contributed by atoms with Crippen LogP contribution in [0.15, 0.2) is 24.8 Å². The Morgan fingerprint density at radius 2 is 2.33 bits per heavy atom. The van der Waals surface area contributed by atoms with Gasteiger partial charge in [-0.25, -0.2) is 15.0 Å². The van der Waals surface area contributed by atoms with Gasteiger partial charge in [0, 0.05) is 0 Å². The summed E-state index contributed by atoms with van der Waals surface area (Å²) in [6.07, 6.45) is 6.87. The molecular formula is C9H9N5O. The van der Waals surface area contributed by atoms with Crippen molar-refractivity contribution in [3.05, 3.63) is 24.8 Å². The Labute approximate surface area is 85.4 Å². The van der Waals surface area contributed by atoms with Crippen molar-refractivity contribution in [2.45, 2.75) is 6.23 Å². The van der Waals surface area contributed by atoms with Crippen LogP contribution in [0.25, 0.3) is 11.2 Å². The molecule has 3 rings (SSSR count). The summed E-state index contributed by atoms with van der Waals surface area (Å²) in [5, 5.41) is 0. The second kappa shape index (κ2) is 3.03. The lowest BCUT2D eigenvalue weighted by atomic mass is 10.4. The number of nitrogens with two attached hydrogens (primary N) is 1. The Morgan fingerprint density at radius 1 is 1.40 bits per heavy atom. The molecule has 1 atom stereocenters. The van der Waals surface area contributed by atoms with Gasteiger partial charge in [-0.15, -0.1) is 0 Å². The van der Waals surface area contributed by atoms with E-state index in [4.69, 9.17) is 10.5 Å². The van der Waals surface area contributed by atoms with Crippen LogP contribution < -0.4 is 5.73 Å². The van der Waals surface area contributed by atoms with Crippen LogP contribution in [0.3, 0.4) is 0 Å². The van der Waals surface area contributed by atoms with Crippen LogP contribution in [0.4, 0.5) is 5.82 Å². The largest absolute Gasteiger partial charge is 0.382 e. The molecule has 3 heterocycles. The average molecular weight is 203 g/mol. The van der Waals surface area contributed by atoms with Gasteiger partial charge in [0.1, 0.15) is 11.8 Å². The smallest absolute Gasteiger partial charge is 0.167 e. The number of hydrogen-bond donors (Lipinski definition) is 1. The molecule has 0 fully saturated rings. The van der Waals surface area contributed by atoms with Crippen LogP contribution in [-0.4, -0.2) is 26.1 Å². The first-order chi connectivity index (χ1) is 7.36. The lowest BCUT2D eigenvalue weighted by Crippen LogP contribution is -2.06. The van der Waals surface area contributed by atoms with Crippen molar-refractivity contribution in [2.75, 3.05) is 12.3 Å². The molecular weight excluding hydrogens is 194 g/mol. The quantitative estimate of drug-likeness (QED) is 0.682. The number of fused-ring (bicyclic) bond motifs is 1. The first-order valence-corrected chi connectivity index (χ1v) is 4.57. The highest BCUT2D eigenvalue weighted by molar-refractivity contribution is 5.81. The summed E-state index contributed by atoms with van der Waals surface area (Å²) in [7, 11) is 0. The second-order valence-electron chi connectivity index (χ2n) is 3.24. The molecule has 1 aliphatic heterocycles. The molecule has 0 aliphatic carbocycles. The molecule has 2 aromatic heterocycles. The van der Waals surface area contributed by atoms with Crippen molar-refractivity contribution in [2.24, 2.45) is 0 Å². The van der Waals surface area contributed by atoms with Gasteiger partial charge in [0.2, 0.25) is 0 Å². The summed E-state index contributed by atoms with van der Waals surface area (Å²) in [5.41, 5.74) is 6.99. The Morgan fingerprint density at radius 3 is 3.13 bits per heavy atom. The first-order valence-electron chi connectivity index (χ1n) is 4.57. The minimum atomic E-state index is -0.135. The molecule has 6 heteroatoms. The maximum absolute atomic E-state index is 5.68. The van der Waals surface area contributed by atoms with Gasteiger partial charge in [-0.2, -0.15) is 0 Å². The van der Waals surface area contributed by atoms with Crippen LogP contribution in [0.2, 0.25) is 0 Å². The lowest BCUT2D eigenvalue weighted by Gasteiger charge is -2.09. The van der Waals surface area contributed by atoms with Crippen molar-refractivity contribution < 1.29 is 4.74 Å². The van der Waals surface area contributed by atoms with Crippen LogP contribution in [0.1, 0.15) is 6.23 Å². The van der Waals surface area contributed by atoms with E-state index in [1.165, 1.54) is 6.33 Å². The number of nitrogen functional groups attached to an aromatic ring is 1. The maximum Gasteiger partial charge on any atom is 0.167 e. The van der Waals surface area contributed by atoms with Crippen molar-refractivity contribution in [1.29, 1.82) is 0 Å². The molecule has 0 amide bonds. The zero-order valence-electron chi connectivity index (χ0n) is 7.87. The van der Waals surface area contributed by atoms with E-state index in [-0.39, 0.29) is 6.23 Å². The predicted octanol–water partition coefficient (Wildman–Crippen LogP) is 0.493. The number of aromatic nitrogens is 4. The summed E-state index contributed by atoms with van der Waals surface area (Å²) in [4.78, 5) is 12.2. The highest BCUT2D eigenvalue weighted by atomic mass is 16.5. The van der Waals surface area contributed by atoms with Crippen LogP contribution in [-0.2, 0) is 4.74 Å². The van der Waals surface area contributed by atoms with Gasteiger partial charge in [-0.1, -0.05) is 6.08 Å². The van der Waals surface area contributed by atoms with Crippen molar-refractivity contribution in [1.82, 2.24) is 19.5 Å². The Balaban J connectivity index is 2.19. The van der Waals surface area contributed by atoms with Gasteiger partial charge < -0.3 is 10.5 Å². The van der Waals surface area contributed by atoms with Gasteiger partial charge in [-0.3, -0.25) is 4.57 Å². The number of rotatable bonds is 1. The fourth-order valence-corrected chi connectivity index (χ4v) is 1.61. The molecule has 0 saturated carbocycles. The van der Waals surface area contributed by atoms with E-state index < -0.39 is 0 Å². The van der Waals surface area contributed by atoms with E-state index in [1.54, 1.807) is 6.33 Å². The van der Waals surface area contributed by atoms with Gasteiger partial charge >= 0.3 is 0 Å². The zero-order chi connectivity index (χ0) is 10.3. The fraction of sp³-hybridized carbons (Fsp3) is 0.222. The third-order valence-corrected chi connectivity index (χ3v) is 2.33. The SMILES string of the molecule is Nc1ncnc2c1ncn2[C@H]1C=CCO1. The monoisotopic (exact) mass is 203 g/mol. The normalized spacial score (nSPS) is 20.1. The third kappa shape index (κ3) is 1.18. The molecule has 0 aromatic carbocycles. The van der Waals surface area contributed by atoms with E-state index in [0.29, 0.717) is 23.6 Å². The molecule has 2 aromatic rings. The average Bonchev–Trinajstić information content (AvgIpc) is 2.85.